The third-order valence-corrected chi connectivity index (χ3v) is 6.58. The van der Waals surface area contributed by atoms with Gasteiger partial charge >= 0.3 is 6.03 Å². The second kappa shape index (κ2) is 11.2. The van der Waals surface area contributed by atoms with Crippen LogP contribution in [0.4, 0.5) is 10.5 Å². The first-order chi connectivity index (χ1) is 15.9. The first kappa shape index (κ1) is 24.7. The molecular formula is C24H36N4O5. The Morgan fingerprint density at radius 1 is 0.939 bits per heavy atom. The highest BCUT2D eigenvalue weighted by Gasteiger charge is 2.31. The van der Waals surface area contributed by atoms with Gasteiger partial charge in [-0.15, -0.1) is 0 Å². The topological polar surface area (TPSA) is 91.4 Å². The second-order valence-electron chi connectivity index (χ2n) is 8.46. The number of rotatable bonds is 7. The van der Waals surface area contributed by atoms with Crippen LogP contribution in [0.25, 0.3) is 0 Å². The summed E-state index contributed by atoms with van der Waals surface area (Å²) in [6.45, 7) is 7.76. The van der Waals surface area contributed by atoms with Gasteiger partial charge in [0, 0.05) is 51.3 Å². The summed E-state index contributed by atoms with van der Waals surface area (Å²) in [6.07, 6.45) is 3.13. The van der Waals surface area contributed by atoms with Crippen LogP contribution in [0.2, 0.25) is 0 Å². The number of hydrogen-bond donors (Lipinski definition) is 1. The van der Waals surface area contributed by atoms with Crippen molar-refractivity contribution >= 4 is 23.5 Å². The molecule has 0 bridgehead atoms. The maximum absolute atomic E-state index is 13.2. The number of piperidine rings is 1. The van der Waals surface area contributed by atoms with Gasteiger partial charge in [0.05, 0.1) is 25.5 Å². The molecule has 0 spiro atoms. The van der Waals surface area contributed by atoms with Gasteiger partial charge in [-0.1, -0.05) is 0 Å². The van der Waals surface area contributed by atoms with E-state index in [0.717, 1.165) is 12.8 Å². The van der Waals surface area contributed by atoms with E-state index in [-0.39, 0.29) is 23.8 Å². The van der Waals surface area contributed by atoms with Crippen molar-refractivity contribution < 1.29 is 23.9 Å². The molecule has 0 atom stereocenters. The van der Waals surface area contributed by atoms with E-state index in [1.807, 2.05) is 18.7 Å². The summed E-state index contributed by atoms with van der Waals surface area (Å²) in [7, 11) is 3.04. The molecule has 182 valence electrons. The van der Waals surface area contributed by atoms with E-state index in [2.05, 4.69) is 5.32 Å². The highest BCUT2D eigenvalue weighted by atomic mass is 16.5. The second-order valence-corrected chi connectivity index (χ2v) is 8.46. The lowest BCUT2D eigenvalue weighted by Crippen LogP contribution is -2.47. The number of nitrogens with zero attached hydrogens (tertiary/aromatic N) is 3. The third kappa shape index (κ3) is 5.51. The number of amides is 4. The maximum Gasteiger partial charge on any atom is 0.319 e. The summed E-state index contributed by atoms with van der Waals surface area (Å²) in [5.74, 6) is 0.399. The van der Waals surface area contributed by atoms with Crippen molar-refractivity contribution in [2.75, 3.05) is 58.8 Å². The third-order valence-electron chi connectivity index (χ3n) is 6.58. The monoisotopic (exact) mass is 460 g/mol. The van der Waals surface area contributed by atoms with E-state index in [0.29, 0.717) is 74.9 Å². The molecule has 2 aliphatic heterocycles. The predicted octanol–water partition coefficient (Wildman–Crippen LogP) is 3.05. The Morgan fingerprint density at radius 3 is 2.06 bits per heavy atom. The van der Waals surface area contributed by atoms with Gasteiger partial charge in [0.1, 0.15) is 0 Å². The van der Waals surface area contributed by atoms with Crippen molar-refractivity contribution in [2.24, 2.45) is 5.92 Å². The molecule has 4 amide bonds. The normalized spacial score (nSPS) is 16.5. The van der Waals surface area contributed by atoms with Crippen LogP contribution in [0, 0.1) is 5.92 Å². The molecule has 2 heterocycles. The van der Waals surface area contributed by atoms with Gasteiger partial charge in [-0.05, 0) is 45.6 Å². The van der Waals surface area contributed by atoms with E-state index < -0.39 is 0 Å². The minimum Gasteiger partial charge on any atom is -0.493 e. The van der Waals surface area contributed by atoms with Gasteiger partial charge < -0.3 is 29.5 Å². The molecule has 0 aliphatic carbocycles. The largest absolute Gasteiger partial charge is 0.493 e. The molecular weight excluding hydrogens is 424 g/mol. The molecule has 1 aromatic rings. The summed E-state index contributed by atoms with van der Waals surface area (Å²) in [6, 6.07) is 3.32. The number of ether oxygens (including phenoxy) is 2. The molecule has 2 aliphatic rings. The number of urea groups is 1. The Labute approximate surface area is 196 Å². The minimum atomic E-state index is -0.228. The number of methoxy groups -OCH3 is 2. The maximum atomic E-state index is 13.2. The highest BCUT2D eigenvalue weighted by molar-refractivity contribution is 6.05. The van der Waals surface area contributed by atoms with Crippen LogP contribution < -0.4 is 14.8 Å². The molecule has 2 saturated heterocycles. The van der Waals surface area contributed by atoms with E-state index in [4.69, 9.17) is 9.47 Å². The number of anilines is 1. The average molecular weight is 461 g/mol. The van der Waals surface area contributed by atoms with Gasteiger partial charge in [0.2, 0.25) is 5.91 Å². The molecule has 0 aromatic heterocycles. The minimum absolute atomic E-state index is 0.0252. The van der Waals surface area contributed by atoms with Crippen molar-refractivity contribution in [3.8, 4) is 11.5 Å². The van der Waals surface area contributed by atoms with Gasteiger partial charge in [0.25, 0.3) is 5.91 Å². The molecule has 9 nitrogen and oxygen atoms in total. The molecule has 9 heteroatoms. The lowest BCUT2D eigenvalue weighted by molar-refractivity contribution is -0.121. The van der Waals surface area contributed by atoms with Crippen LogP contribution in [0.1, 0.15) is 49.9 Å². The van der Waals surface area contributed by atoms with Gasteiger partial charge in [-0.3, -0.25) is 9.59 Å². The molecule has 2 fully saturated rings. The van der Waals surface area contributed by atoms with Crippen LogP contribution in [0.5, 0.6) is 11.5 Å². The summed E-state index contributed by atoms with van der Waals surface area (Å²) in [5, 5.41) is 2.96. The number of nitrogens with one attached hydrogen (secondary N) is 1. The molecule has 1 aromatic carbocycles. The lowest BCUT2D eigenvalue weighted by Gasteiger charge is -2.34. The number of carbonyl (C=O) groups excluding carboxylic acids is 3. The fraction of sp³-hybridized carbons (Fsp3) is 0.625. The quantitative estimate of drug-likeness (QED) is 0.675. The first-order valence-electron chi connectivity index (χ1n) is 11.8. The van der Waals surface area contributed by atoms with Crippen LogP contribution in [0.3, 0.4) is 0 Å². The Bertz CT molecular complexity index is 857. The Kier molecular flexibility index (Phi) is 8.41. The van der Waals surface area contributed by atoms with Gasteiger partial charge in [-0.2, -0.15) is 0 Å². The zero-order valence-corrected chi connectivity index (χ0v) is 20.2. The number of carbonyl (C=O) groups is 3. The number of likely N-dealkylation sites (tertiary alicyclic amines) is 2. The van der Waals surface area contributed by atoms with E-state index in [1.54, 1.807) is 21.9 Å². The summed E-state index contributed by atoms with van der Waals surface area (Å²) >= 11 is 0. The highest BCUT2D eigenvalue weighted by Crippen LogP contribution is 2.35. The molecule has 3 rings (SSSR count). The number of benzene rings is 1. The molecule has 0 unspecified atom stereocenters. The predicted molar refractivity (Wildman–Crippen MR) is 126 cm³/mol. The van der Waals surface area contributed by atoms with E-state index >= 15 is 0 Å². The van der Waals surface area contributed by atoms with Crippen LogP contribution in [-0.4, -0.2) is 86.0 Å². The fourth-order valence-corrected chi connectivity index (χ4v) is 4.51. The molecule has 0 saturated carbocycles. The standard InChI is InChI=1S/C24H36N4O5/c1-5-26(6-2)24(31)28-13-9-17(10-14-28)22(29)25-19-16-21(33-4)20(32-3)15-18(19)23(30)27-11-7-8-12-27/h15-17H,5-14H2,1-4H3,(H,25,29). The Morgan fingerprint density at radius 2 is 1.52 bits per heavy atom. The summed E-state index contributed by atoms with van der Waals surface area (Å²) < 4.78 is 10.8. The Hall–Kier alpha value is -2.97. The van der Waals surface area contributed by atoms with E-state index in [1.165, 1.54) is 14.2 Å². The number of hydrogen-bond acceptors (Lipinski definition) is 5. The van der Waals surface area contributed by atoms with Gasteiger partial charge in [0.15, 0.2) is 11.5 Å². The van der Waals surface area contributed by atoms with Crippen molar-refractivity contribution in [1.82, 2.24) is 14.7 Å². The SMILES string of the molecule is CCN(CC)C(=O)N1CCC(C(=O)Nc2cc(OC)c(OC)cc2C(=O)N2CCCC2)CC1. The van der Waals surface area contributed by atoms with Crippen molar-refractivity contribution in [1.29, 1.82) is 0 Å². The van der Waals surface area contributed by atoms with Crippen molar-refractivity contribution in [3.63, 3.8) is 0 Å². The molecule has 0 radical (unpaired) electrons. The zero-order chi connectivity index (χ0) is 24.0. The van der Waals surface area contributed by atoms with Crippen LogP contribution in [0.15, 0.2) is 12.1 Å². The van der Waals surface area contributed by atoms with Crippen molar-refractivity contribution in [2.45, 2.75) is 39.5 Å². The Balaban J connectivity index is 1.73. The summed E-state index contributed by atoms with van der Waals surface area (Å²) in [4.78, 5) is 44.3. The van der Waals surface area contributed by atoms with Crippen molar-refractivity contribution in [3.05, 3.63) is 17.7 Å². The smallest absolute Gasteiger partial charge is 0.319 e. The molecule has 1 N–H and O–H groups in total. The van der Waals surface area contributed by atoms with Crippen LogP contribution in [-0.2, 0) is 4.79 Å². The zero-order valence-electron chi connectivity index (χ0n) is 20.2. The fourth-order valence-electron chi connectivity index (χ4n) is 4.51. The summed E-state index contributed by atoms with van der Waals surface area (Å²) in [5.41, 5.74) is 0.827. The first-order valence-corrected chi connectivity index (χ1v) is 11.8. The average Bonchev–Trinajstić information content (AvgIpc) is 3.39. The lowest BCUT2D eigenvalue weighted by atomic mass is 9.95. The van der Waals surface area contributed by atoms with Crippen LogP contribution >= 0.6 is 0 Å². The van der Waals surface area contributed by atoms with E-state index in [9.17, 15) is 14.4 Å². The molecule has 33 heavy (non-hydrogen) atoms. The van der Waals surface area contributed by atoms with Gasteiger partial charge in [-0.25, -0.2) is 4.79 Å².